The molecular formula is C18H17Cl2N5OS. The molecule has 0 bridgehead atoms. The Morgan fingerprint density at radius 1 is 1.22 bits per heavy atom. The zero-order valence-corrected chi connectivity index (χ0v) is 17.3. The van der Waals surface area contributed by atoms with Gasteiger partial charge in [0.25, 0.3) is 5.91 Å². The van der Waals surface area contributed by atoms with Crippen molar-refractivity contribution in [1.29, 1.82) is 0 Å². The minimum absolute atomic E-state index is 0.292. The quantitative estimate of drug-likeness (QED) is 0.658. The highest BCUT2D eigenvalue weighted by Crippen LogP contribution is 2.29. The Morgan fingerprint density at radius 2 is 2.00 bits per heavy atom. The number of nitrogens with one attached hydrogen (secondary N) is 1. The van der Waals surface area contributed by atoms with Gasteiger partial charge in [-0.1, -0.05) is 35.3 Å². The normalized spacial score (nSPS) is 10.7. The van der Waals surface area contributed by atoms with Crippen molar-refractivity contribution in [2.75, 3.05) is 24.3 Å². The predicted octanol–water partition coefficient (Wildman–Crippen LogP) is 4.46. The van der Waals surface area contributed by atoms with E-state index in [9.17, 15) is 4.79 Å². The lowest BCUT2D eigenvalue weighted by Crippen LogP contribution is -2.18. The summed E-state index contributed by atoms with van der Waals surface area (Å²) in [5.41, 5.74) is 1.93. The van der Waals surface area contributed by atoms with Gasteiger partial charge in [0.1, 0.15) is 0 Å². The van der Waals surface area contributed by atoms with E-state index in [2.05, 4.69) is 20.3 Å². The lowest BCUT2D eigenvalue weighted by molar-refractivity contribution is 0.102. The standard InChI is InChI=1S/C18H17Cl2N5OS/c1-10-13(9-21-17(23-10)25(2)3)16(26)24-18-22-8-12(27-18)7-11-5-4-6-14(19)15(11)20/h4-6,8-9H,7H2,1-3H3,(H,22,24,26). The molecule has 140 valence electrons. The van der Waals surface area contributed by atoms with Crippen LogP contribution in [-0.2, 0) is 6.42 Å². The first-order chi connectivity index (χ1) is 12.8. The summed E-state index contributed by atoms with van der Waals surface area (Å²) < 4.78 is 0. The maximum absolute atomic E-state index is 12.5. The number of hydrogen-bond donors (Lipinski definition) is 1. The highest BCUT2D eigenvalue weighted by Gasteiger charge is 2.15. The summed E-state index contributed by atoms with van der Waals surface area (Å²) in [6.07, 6.45) is 3.83. The van der Waals surface area contributed by atoms with Gasteiger partial charge in [-0.05, 0) is 18.6 Å². The number of rotatable bonds is 5. The van der Waals surface area contributed by atoms with Crippen LogP contribution in [0.3, 0.4) is 0 Å². The Morgan fingerprint density at radius 3 is 2.70 bits per heavy atom. The Kier molecular flexibility index (Phi) is 5.94. The summed E-state index contributed by atoms with van der Waals surface area (Å²) >= 11 is 13.7. The van der Waals surface area contributed by atoms with Crippen molar-refractivity contribution < 1.29 is 4.79 Å². The van der Waals surface area contributed by atoms with Gasteiger partial charge in [0.2, 0.25) is 5.95 Å². The van der Waals surface area contributed by atoms with Crippen molar-refractivity contribution in [3.63, 3.8) is 0 Å². The third-order valence-corrected chi connectivity index (χ3v) is 5.55. The van der Waals surface area contributed by atoms with Gasteiger partial charge in [0.05, 0.1) is 21.3 Å². The molecular weight excluding hydrogens is 405 g/mol. The molecule has 0 fully saturated rings. The second kappa shape index (κ2) is 8.21. The summed E-state index contributed by atoms with van der Waals surface area (Å²) in [5.74, 6) is 0.262. The topological polar surface area (TPSA) is 71.0 Å². The largest absolute Gasteiger partial charge is 0.347 e. The lowest BCUT2D eigenvalue weighted by atomic mass is 10.1. The third kappa shape index (κ3) is 4.55. The fraction of sp³-hybridized carbons (Fsp3) is 0.222. The fourth-order valence-corrected chi connectivity index (χ4v) is 3.59. The molecule has 1 aromatic carbocycles. The van der Waals surface area contributed by atoms with Crippen LogP contribution in [0.25, 0.3) is 0 Å². The zero-order chi connectivity index (χ0) is 19.6. The molecule has 0 spiro atoms. The van der Waals surface area contributed by atoms with Crippen LogP contribution in [0.1, 0.15) is 26.5 Å². The van der Waals surface area contributed by atoms with Crippen molar-refractivity contribution in [2.45, 2.75) is 13.3 Å². The summed E-state index contributed by atoms with van der Waals surface area (Å²) in [5, 5.41) is 4.35. The van der Waals surface area contributed by atoms with Gasteiger partial charge in [0.15, 0.2) is 5.13 Å². The van der Waals surface area contributed by atoms with E-state index in [1.165, 1.54) is 17.5 Å². The second-order valence-corrected chi connectivity index (χ2v) is 7.94. The van der Waals surface area contributed by atoms with E-state index in [1.807, 2.05) is 26.2 Å². The van der Waals surface area contributed by atoms with Crippen LogP contribution in [0.2, 0.25) is 10.0 Å². The second-order valence-electron chi connectivity index (χ2n) is 6.04. The number of carbonyl (C=O) groups excluding carboxylic acids is 1. The number of nitrogens with zero attached hydrogens (tertiary/aromatic N) is 4. The van der Waals surface area contributed by atoms with Crippen molar-refractivity contribution >= 4 is 51.5 Å². The number of thiazole rings is 1. The highest BCUT2D eigenvalue weighted by atomic mass is 35.5. The molecule has 2 heterocycles. The van der Waals surface area contributed by atoms with E-state index in [4.69, 9.17) is 23.2 Å². The van der Waals surface area contributed by atoms with Crippen molar-refractivity contribution in [3.05, 3.63) is 62.3 Å². The van der Waals surface area contributed by atoms with E-state index < -0.39 is 0 Å². The first kappa shape index (κ1) is 19.5. The van der Waals surface area contributed by atoms with Gasteiger partial charge in [-0.25, -0.2) is 15.0 Å². The Labute approximate surface area is 171 Å². The molecule has 0 unspecified atom stereocenters. The number of halogens is 2. The van der Waals surface area contributed by atoms with Crippen LogP contribution in [0.4, 0.5) is 11.1 Å². The van der Waals surface area contributed by atoms with Gasteiger partial charge in [-0.2, -0.15) is 0 Å². The molecule has 0 aliphatic carbocycles. The van der Waals surface area contributed by atoms with Crippen LogP contribution < -0.4 is 10.2 Å². The van der Waals surface area contributed by atoms with Crippen LogP contribution in [0.15, 0.2) is 30.6 Å². The van der Waals surface area contributed by atoms with Gasteiger partial charge in [-0.15, -0.1) is 11.3 Å². The number of aromatic nitrogens is 3. The number of anilines is 2. The van der Waals surface area contributed by atoms with Gasteiger partial charge in [-0.3, -0.25) is 10.1 Å². The Hall–Kier alpha value is -2.22. The molecule has 0 radical (unpaired) electrons. The predicted molar refractivity (Wildman–Crippen MR) is 110 cm³/mol. The van der Waals surface area contributed by atoms with Crippen LogP contribution >= 0.6 is 34.5 Å². The fourth-order valence-electron chi connectivity index (χ4n) is 2.38. The van der Waals surface area contributed by atoms with E-state index in [0.717, 1.165) is 10.4 Å². The minimum Gasteiger partial charge on any atom is -0.347 e. The molecule has 3 rings (SSSR count). The molecule has 1 N–H and O–H groups in total. The Balaban J connectivity index is 1.72. The molecule has 0 atom stereocenters. The molecule has 1 amide bonds. The van der Waals surface area contributed by atoms with E-state index in [-0.39, 0.29) is 5.91 Å². The zero-order valence-electron chi connectivity index (χ0n) is 15.0. The number of benzene rings is 1. The Bertz CT molecular complexity index is 990. The third-order valence-electron chi connectivity index (χ3n) is 3.78. The minimum atomic E-state index is -0.292. The number of hydrogen-bond acceptors (Lipinski definition) is 6. The van der Waals surface area contributed by atoms with E-state index in [1.54, 1.807) is 24.1 Å². The molecule has 3 aromatic rings. The molecule has 0 saturated heterocycles. The molecule has 6 nitrogen and oxygen atoms in total. The molecule has 9 heteroatoms. The first-order valence-electron chi connectivity index (χ1n) is 8.05. The van der Waals surface area contributed by atoms with Gasteiger partial charge >= 0.3 is 0 Å². The van der Waals surface area contributed by atoms with E-state index >= 15 is 0 Å². The van der Waals surface area contributed by atoms with E-state index in [0.29, 0.717) is 38.8 Å². The summed E-state index contributed by atoms with van der Waals surface area (Å²) in [6.45, 7) is 1.78. The number of aryl methyl sites for hydroxylation is 1. The molecule has 0 aliphatic rings. The average Bonchev–Trinajstić information content (AvgIpc) is 3.05. The van der Waals surface area contributed by atoms with Gasteiger partial charge in [0, 0.05) is 37.8 Å². The summed E-state index contributed by atoms with van der Waals surface area (Å²) in [4.78, 5) is 28.0. The average molecular weight is 422 g/mol. The smallest absolute Gasteiger partial charge is 0.260 e. The summed E-state index contributed by atoms with van der Waals surface area (Å²) in [7, 11) is 3.69. The monoisotopic (exact) mass is 421 g/mol. The maximum atomic E-state index is 12.5. The number of carbonyl (C=O) groups is 1. The number of amides is 1. The van der Waals surface area contributed by atoms with Crippen LogP contribution in [0.5, 0.6) is 0 Å². The van der Waals surface area contributed by atoms with Gasteiger partial charge < -0.3 is 4.90 Å². The molecule has 0 saturated carbocycles. The summed E-state index contributed by atoms with van der Waals surface area (Å²) in [6, 6.07) is 5.52. The SMILES string of the molecule is Cc1nc(N(C)C)ncc1C(=O)Nc1ncc(Cc2cccc(Cl)c2Cl)s1. The molecule has 2 aromatic heterocycles. The van der Waals surface area contributed by atoms with Crippen molar-refractivity contribution in [2.24, 2.45) is 0 Å². The first-order valence-corrected chi connectivity index (χ1v) is 9.62. The van der Waals surface area contributed by atoms with Crippen LogP contribution in [-0.4, -0.2) is 35.0 Å². The molecule has 0 aliphatic heterocycles. The lowest BCUT2D eigenvalue weighted by Gasteiger charge is -2.11. The molecule has 27 heavy (non-hydrogen) atoms. The van der Waals surface area contributed by atoms with Crippen molar-refractivity contribution in [3.8, 4) is 0 Å². The van der Waals surface area contributed by atoms with Crippen LogP contribution in [0, 0.1) is 6.92 Å². The maximum Gasteiger partial charge on any atom is 0.260 e. The highest BCUT2D eigenvalue weighted by molar-refractivity contribution is 7.15. The van der Waals surface area contributed by atoms with Crippen molar-refractivity contribution in [1.82, 2.24) is 15.0 Å².